The second-order valence-electron chi connectivity index (χ2n) is 5.25. The highest BCUT2D eigenvalue weighted by molar-refractivity contribution is 5.22. The number of fused-ring (bicyclic) bond motifs is 1. The first-order chi connectivity index (χ1) is 8.70. The van der Waals surface area contributed by atoms with E-state index in [0.29, 0.717) is 6.42 Å². The molecule has 1 unspecified atom stereocenters. The van der Waals surface area contributed by atoms with Crippen molar-refractivity contribution in [3.63, 3.8) is 0 Å². The van der Waals surface area contributed by atoms with E-state index < -0.39 is 0 Å². The van der Waals surface area contributed by atoms with Gasteiger partial charge < -0.3 is 4.57 Å². The Hall–Kier alpha value is -1.64. The number of hydrogen-bond acceptors (Lipinski definition) is 1. The zero-order valence-electron chi connectivity index (χ0n) is 10.6. The van der Waals surface area contributed by atoms with Crippen LogP contribution in [-0.2, 0) is 19.4 Å². The monoisotopic (exact) mass is 244 g/mol. The van der Waals surface area contributed by atoms with Gasteiger partial charge in [-0.15, -0.1) is 0 Å². The summed E-state index contributed by atoms with van der Waals surface area (Å²) >= 11 is 0. The van der Waals surface area contributed by atoms with Crippen LogP contribution in [-0.4, -0.2) is 9.55 Å². The standard InChI is InChI=1S/C15H17FN2/c1-11-5-6-18-10-14(17-15(18)7-11)9-12-3-2-4-13(16)8-12/h2-4,8,10-11H,5-7,9H2,1H3. The highest BCUT2D eigenvalue weighted by Crippen LogP contribution is 2.20. The number of benzene rings is 1. The van der Waals surface area contributed by atoms with E-state index in [9.17, 15) is 4.39 Å². The predicted molar refractivity (Wildman–Crippen MR) is 68.9 cm³/mol. The van der Waals surface area contributed by atoms with Crippen molar-refractivity contribution in [1.29, 1.82) is 0 Å². The minimum absolute atomic E-state index is 0.176. The summed E-state index contributed by atoms with van der Waals surface area (Å²) in [6, 6.07) is 6.76. The zero-order chi connectivity index (χ0) is 12.5. The maximum Gasteiger partial charge on any atom is 0.123 e. The molecule has 0 fully saturated rings. The third kappa shape index (κ3) is 2.30. The molecule has 2 heterocycles. The predicted octanol–water partition coefficient (Wildman–Crippen LogP) is 3.20. The maximum atomic E-state index is 13.1. The third-order valence-electron chi connectivity index (χ3n) is 3.58. The van der Waals surface area contributed by atoms with Gasteiger partial charge in [-0.1, -0.05) is 19.1 Å². The van der Waals surface area contributed by atoms with E-state index in [1.807, 2.05) is 6.07 Å². The minimum Gasteiger partial charge on any atom is -0.335 e. The molecule has 0 radical (unpaired) electrons. The van der Waals surface area contributed by atoms with Gasteiger partial charge in [-0.05, 0) is 30.0 Å². The molecule has 1 aromatic carbocycles. The van der Waals surface area contributed by atoms with E-state index in [-0.39, 0.29) is 5.82 Å². The van der Waals surface area contributed by atoms with Crippen molar-refractivity contribution < 1.29 is 4.39 Å². The van der Waals surface area contributed by atoms with Crippen molar-refractivity contribution in [3.05, 3.63) is 53.4 Å². The lowest BCUT2D eigenvalue weighted by Crippen LogP contribution is -2.16. The molecule has 0 saturated carbocycles. The van der Waals surface area contributed by atoms with Gasteiger partial charge in [-0.25, -0.2) is 9.37 Å². The van der Waals surface area contributed by atoms with Gasteiger partial charge in [0.1, 0.15) is 11.6 Å². The maximum absolute atomic E-state index is 13.1. The number of aromatic nitrogens is 2. The molecule has 2 aromatic rings. The molecule has 1 atom stereocenters. The number of imidazole rings is 1. The molecular formula is C15H17FN2. The van der Waals surface area contributed by atoms with Gasteiger partial charge in [0.15, 0.2) is 0 Å². The van der Waals surface area contributed by atoms with Crippen LogP contribution in [0.4, 0.5) is 4.39 Å². The highest BCUT2D eigenvalue weighted by atomic mass is 19.1. The van der Waals surface area contributed by atoms with Gasteiger partial charge in [0.2, 0.25) is 0 Å². The normalized spacial score (nSPS) is 18.7. The second-order valence-corrected chi connectivity index (χ2v) is 5.25. The average Bonchev–Trinajstić information content (AvgIpc) is 2.70. The molecule has 3 heteroatoms. The number of hydrogen-bond donors (Lipinski definition) is 0. The van der Waals surface area contributed by atoms with Crippen LogP contribution in [0.15, 0.2) is 30.5 Å². The summed E-state index contributed by atoms with van der Waals surface area (Å²) in [5.41, 5.74) is 2.03. The molecule has 18 heavy (non-hydrogen) atoms. The van der Waals surface area contributed by atoms with Gasteiger partial charge in [0.05, 0.1) is 5.69 Å². The summed E-state index contributed by atoms with van der Waals surface area (Å²) in [5, 5.41) is 0. The van der Waals surface area contributed by atoms with Crippen LogP contribution in [0.25, 0.3) is 0 Å². The van der Waals surface area contributed by atoms with Gasteiger partial charge >= 0.3 is 0 Å². The lowest BCUT2D eigenvalue weighted by atomic mass is 10.0. The van der Waals surface area contributed by atoms with Crippen LogP contribution in [0.2, 0.25) is 0 Å². The summed E-state index contributed by atoms with van der Waals surface area (Å²) in [4.78, 5) is 4.67. The van der Waals surface area contributed by atoms with Gasteiger partial charge in [-0.2, -0.15) is 0 Å². The lowest BCUT2D eigenvalue weighted by molar-refractivity contribution is 0.409. The molecule has 1 aromatic heterocycles. The van der Waals surface area contributed by atoms with Gasteiger partial charge in [-0.3, -0.25) is 0 Å². The van der Waals surface area contributed by atoms with E-state index >= 15 is 0 Å². The van der Waals surface area contributed by atoms with Crippen molar-refractivity contribution in [2.75, 3.05) is 0 Å². The smallest absolute Gasteiger partial charge is 0.123 e. The zero-order valence-corrected chi connectivity index (χ0v) is 10.6. The molecule has 1 aliphatic rings. The Bertz CT molecular complexity index is 559. The second kappa shape index (κ2) is 4.56. The quantitative estimate of drug-likeness (QED) is 0.793. The molecule has 1 aliphatic heterocycles. The topological polar surface area (TPSA) is 17.8 Å². The largest absolute Gasteiger partial charge is 0.335 e. The van der Waals surface area contributed by atoms with E-state index in [2.05, 4.69) is 22.7 Å². The molecule has 0 aliphatic carbocycles. The van der Waals surface area contributed by atoms with Gasteiger partial charge in [0.25, 0.3) is 0 Å². The highest BCUT2D eigenvalue weighted by Gasteiger charge is 2.17. The summed E-state index contributed by atoms with van der Waals surface area (Å²) in [6.07, 6.45) is 5.12. The van der Waals surface area contributed by atoms with Crippen LogP contribution >= 0.6 is 0 Å². The first-order valence-corrected chi connectivity index (χ1v) is 6.50. The third-order valence-corrected chi connectivity index (χ3v) is 3.58. The van der Waals surface area contributed by atoms with E-state index in [1.165, 1.54) is 18.3 Å². The Kier molecular flexibility index (Phi) is 2.90. The van der Waals surface area contributed by atoms with E-state index in [1.54, 1.807) is 12.1 Å². The van der Waals surface area contributed by atoms with Crippen molar-refractivity contribution in [1.82, 2.24) is 9.55 Å². The Morgan fingerprint density at radius 3 is 3.17 bits per heavy atom. The number of rotatable bonds is 2. The fourth-order valence-electron chi connectivity index (χ4n) is 2.58. The molecule has 2 nitrogen and oxygen atoms in total. The molecule has 94 valence electrons. The Labute approximate surface area is 106 Å². The van der Waals surface area contributed by atoms with E-state index in [0.717, 1.165) is 30.1 Å². The molecular weight excluding hydrogens is 227 g/mol. The number of aryl methyl sites for hydroxylation is 1. The first kappa shape index (κ1) is 11.5. The molecule has 0 spiro atoms. The Morgan fingerprint density at radius 2 is 2.33 bits per heavy atom. The van der Waals surface area contributed by atoms with Crippen molar-refractivity contribution in [3.8, 4) is 0 Å². The Morgan fingerprint density at radius 1 is 1.44 bits per heavy atom. The van der Waals surface area contributed by atoms with Crippen LogP contribution in [0.1, 0.15) is 30.4 Å². The molecule has 0 saturated heterocycles. The molecule has 3 rings (SSSR count). The fourth-order valence-corrected chi connectivity index (χ4v) is 2.58. The summed E-state index contributed by atoms with van der Waals surface area (Å²) < 4.78 is 15.4. The Balaban J connectivity index is 1.82. The molecule has 0 N–H and O–H groups in total. The molecule has 0 amide bonds. The summed E-state index contributed by atoms with van der Waals surface area (Å²) in [6.45, 7) is 3.33. The summed E-state index contributed by atoms with van der Waals surface area (Å²) in [5.74, 6) is 1.73. The number of halogens is 1. The average molecular weight is 244 g/mol. The van der Waals surface area contributed by atoms with Crippen molar-refractivity contribution >= 4 is 0 Å². The van der Waals surface area contributed by atoms with Crippen LogP contribution in [0.5, 0.6) is 0 Å². The molecule has 0 bridgehead atoms. The van der Waals surface area contributed by atoms with Crippen LogP contribution in [0.3, 0.4) is 0 Å². The first-order valence-electron chi connectivity index (χ1n) is 6.50. The fraction of sp³-hybridized carbons (Fsp3) is 0.400. The van der Waals surface area contributed by atoms with Crippen LogP contribution in [0, 0.1) is 11.7 Å². The number of nitrogens with zero attached hydrogens (tertiary/aromatic N) is 2. The van der Waals surface area contributed by atoms with Crippen LogP contribution < -0.4 is 0 Å². The van der Waals surface area contributed by atoms with Crippen molar-refractivity contribution in [2.24, 2.45) is 5.92 Å². The lowest BCUT2D eigenvalue weighted by Gasteiger charge is -2.18. The minimum atomic E-state index is -0.176. The van der Waals surface area contributed by atoms with Crippen molar-refractivity contribution in [2.45, 2.75) is 32.7 Å². The summed E-state index contributed by atoms with van der Waals surface area (Å²) in [7, 11) is 0. The van der Waals surface area contributed by atoms with E-state index in [4.69, 9.17) is 0 Å². The SMILES string of the molecule is CC1CCn2cc(Cc3cccc(F)c3)nc2C1. The van der Waals surface area contributed by atoms with Gasteiger partial charge in [0, 0.05) is 25.6 Å².